The van der Waals surface area contributed by atoms with E-state index in [2.05, 4.69) is 24.4 Å². The Balaban J connectivity index is 1.90. The Labute approximate surface area is 124 Å². The first kappa shape index (κ1) is 15.1. The van der Waals surface area contributed by atoms with Gasteiger partial charge in [-0.05, 0) is 30.2 Å². The Morgan fingerprint density at radius 3 is 2.67 bits per heavy atom. The maximum absolute atomic E-state index is 10.5. The SMILES string of the molecule is Cc1cccc(COc2cccc(CNCC(=O)O)c2)c1. The van der Waals surface area contributed by atoms with Gasteiger partial charge in [-0.1, -0.05) is 42.0 Å². The Morgan fingerprint density at radius 2 is 1.90 bits per heavy atom. The summed E-state index contributed by atoms with van der Waals surface area (Å²) in [4.78, 5) is 10.5. The van der Waals surface area contributed by atoms with Gasteiger partial charge >= 0.3 is 5.97 Å². The van der Waals surface area contributed by atoms with Gasteiger partial charge in [-0.2, -0.15) is 0 Å². The molecule has 0 heterocycles. The normalized spacial score (nSPS) is 10.3. The smallest absolute Gasteiger partial charge is 0.317 e. The fourth-order valence-electron chi connectivity index (χ4n) is 2.03. The lowest BCUT2D eigenvalue weighted by Crippen LogP contribution is -2.21. The minimum Gasteiger partial charge on any atom is -0.489 e. The lowest BCUT2D eigenvalue weighted by molar-refractivity contribution is -0.135. The Kier molecular flexibility index (Phi) is 5.35. The minimum atomic E-state index is -0.859. The number of carboxylic acids is 1. The summed E-state index contributed by atoms with van der Waals surface area (Å²) in [6, 6.07) is 15.9. The number of hydrogen-bond donors (Lipinski definition) is 2. The van der Waals surface area contributed by atoms with Crippen LogP contribution in [0.5, 0.6) is 5.75 Å². The van der Waals surface area contributed by atoms with Gasteiger partial charge in [0.2, 0.25) is 0 Å². The summed E-state index contributed by atoms with van der Waals surface area (Å²) in [5, 5.41) is 11.4. The zero-order valence-electron chi connectivity index (χ0n) is 12.0. The van der Waals surface area contributed by atoms with Crippen molar-refractivity contribution in [3.8, 4) is 5.75 Å². The maximum atomic E-state index is 10.5. The molecule has 2 aromatic rings. The van der Waals surface area contributed by atoms with Gasteiger partial charge in [-0.25, -0.2) is 0 Å². The molecule has 110 valence electrons. The Hall–Kier alpha value is -2.33. The molecule has 0 aliphatic heterocycles. The molecular weight excluding hydrogens is 266 g/mol. The van der Waals surface area contributed by atoms with Gasteiger partial charge in [-0.15, -0.1) is 0 Å². The second kappa shape index (κ2) is 7.45. The Bertz CT molecular complexity index is 610. The molecule has 0 atom stereocenters. The lowest BCUT2D eigenvalue weighted by Gasteiger charge is -2.09. The summed E-state index contributed by atoms with van der Waals surface area (Å²) in [5.74, 6) is -0.0759. The summed E-state index contributed by atoms with van der Waals surface area (Å²) in [5.41, 5.74) is 3.34. The summed E-state index contributed by atoms with van der Waals surface area (Å²) < 4.78 is 5.77. The van der Waals surface area contributed by atoms with Gasteiger partial charge < -0.3 is 15.2 Å². The van der Waals surface area contributed by atoms with Gasteiger partial charge in [0, 0.05) is 6.54 Å². The summed E-state index contributed by atoms with van der Waals surface area (Å²) in [6.07, 6.45) is 0. The molecule has 0 unspecified atom stereocenters. The topological polar surface area (TPSA) is 58.6 Å². The van der Waals surface area contributed by atoms with Crippen LogP contribution in [0.2, 0.25) is 0 Å². The fourth-order valence-corrected chi connectivity index (χ4v) is 2.03. The highest BCUT2D eigenvalue weighted by Crippen LogP contribution is 2.15. The number of aliphatic carboxylic acids is 1. The third-order valence-corrected chi connectivity index (χ3v) is 2.99. The summed E-state index contributed by atoms with van der Waals surface area (Å²) in [7, 11) is 0. The van der Waals surface area contributed by atoms with Gasteiger partial charge in [0.05, 0.1) is 6.54 Å². The van der Waals surface area contributed by atoms with Crippen LogP contribution in [0.15, 0.2) is 48.5 Å². The van der Waals surface area contributed by atoms with Crippen molar-refractivity contribution in [1.82, 2.24) is 5.32 Å². The highest BCUT2D eigenvalue weighted by atomic mass is 16.5. The van der Waals surface area contributed by atoms with Crippen molar-refractivity contribution in [2.24, 2.45) is 0 Å². The van der Waals surface area contributed by atoms with Crippen molar-refractivity contribution in [3.63, 3.8) is 0 Å². The van der Waals surface area contributed by atoms with E-state index in [4.69, 9.17) is 9.84 Å². The maximum Gasteiger partial charge on any atom is 0.317 e. The number of ether oxygens (including phenoxy) is 1. The van der Waals surface area contributed by atoms with E-state index in [1.54, 1.807) is 0 Å². The fraction of sp³-hybridized carbons (Fsp3) is 0.235. The number of hydrogen-bond acceptors (Lipinski definition) is 3. The predicted molar refractivity (Wildman–Crippen MR) is 81.3 cm³/mol. The molecule has 0 fully saturated rings. The average molecular weight is 285 g/mol. The highest BCUT2D eigenvalue weighted by Gasteiger charge is 2.00. The molecule has 21 heavy (non-hydrogen) atoms. The number of carbonyl (C=O) groups is 1. The second-order valence-corrected chi connectivity index (χ2v) is 4.92. The van der Waals surface area contributed by atoms with E-state index in [9.17, 15) is 4.79 Å². The molecule has 0 aliphatic rings. The van der Waals surface area contributed by atoms with E-state index in [0.717, 1.165) is 16.9 Å². The third kappa shape index (κ3) is 5.28. The van der Waals surface area contributed by atoms with Crippen molar-refractivity contribution < 1.29 is 14.6 Å². The largest absolute Gasteiger partial charge is 0.489 e. The lowest BCUT2D eigenvalue weighted by atomic mass is 10.1. The molecule has 0 aliphatic carbocycles. The average Bonchev–Trinajstić information content (AvgIpc) is 2.45. The number of aryl methyl sites for hydroxylation is 1. The molecule has 0 amide bonds. The van der Waals surface area contributed by atoms with Crippen molar-refractivity contribution in [2.75, 3.05) is 6.54 Å². The standard InChI is InChI=1S/C17H19NO3/c1-13-4-2-6-15(8-13)12-21-16-7-3-5-14(9-16)10-18-11-17(19)20/h2-9,18H,10-12H2,1H3,(H,19,20). The quantitative estimate of drug-likeness (QED) is 0.821. The third-order valence-electron chi connectivity index (χ3n) is 2.99. The highest BCUT2D eigenvalue weighted by molar-refractivity contribution is 5.68. The van der Waals surface area contributed by atoms with Crippen LogP contribution in [0.1, 0.15) is 16.7 Å². The number of rotatable bonds is 7. The monoisotopic (exact) mass is 285 g/mol. The van der Waals surface area contributed by atoms with E-state index in [1.807, 2.05) is 36.4 Å². The van der Waals surface area contributed by atoms with E-state index in [0.29, 0.717) is 13.2 Å². The number of benzene rings is 2. The molecule has 0 radical (unpaired) electrons. The van der Waals surface area contributed by atoms with Crippen LogP contribution in [0, 0.1) is 6.92 Å². The molecule has 2 rings (SSSR count). The van der Waals surface area contributed by atoms with Crippen LogP contribution in [-0.4, -0.2) is 17.6 Å². The van der Waals surface area contributed by atoms with Crippen molar-refractivity contribution in [3.05, 3.63) is 65.2 Å². The van der Waals surface area contributed by atoms with Crippen molar-refractivity contribution >= 4 is 5.97 Å². The molecule has 0 saturated heterocycles. The number of carboxylic acid groups (broad SMARTS) is 1. The summed E-state index contributed by atoms with van der Waals surface area (Å²) >= 11 is 0. The first-order chi connectivity index (χ1) is 10.1. The zero-order valence-corrected chi connectivity index (χ0v) is 12.0. The van der Waals surface area contributed by atoms with Crippen LogP contribution < -0.4 is 10.1 Å². The molecule has 2 aromatic carbocycles. The molecule has 0 spiro atoms. The van der Waals surface area contributed by atoms with Crippen LogP contribution in [0.3, 0.4) is 0 Å². The zero-order chi connectivity index (χ0) is 15.1. The van der Waals surface area contributed by atoms with E-state index in [-0.39, 0.29) is 6.54 Å². The molecule has 0 bridgehead atoms. The van der Waals surface area contributed by atoms with Gasteiger partial charge in [0.15, 0.2) is 0 Å². The minimum absolute atomic E-state index is 0.0472. The Morgan fingerprint density at radius 1 is 1.14 bits per heavy atom. The second-order valence-electron chi connectivity index (χ2n) is 4.92. The van der Waals surface area contributed by atoms with E-state index in [1.165, 1.54) is 5.56 Å². The van der Waals surface area contributed by atoms with Crippen LogP contribution in [-0.2, 0) is 17.9 Å². The molecule has 2 N–H and O–H groups in total. The van der Waals surface area contributed by atoms with Gasteiger partial charge in [0.1, 0.15) is 12.4 Å². The van der Waals surface area contributed by atoms with Crippen LogP contribution >= 0.6 is 0 Å². The van der Waals surface area contributed by atoms with Crippen molar-refractivity contribution in [1.29, 1.82) is 0 Å². The molecular formula is C17H19NO3. The molecule has 0 saturated carbocycles. The summed E-state index contributed by atoms with van der Waals surface area (Å²) in [6.45, 7) is 3.04. The van der Waals surface area contributed by atoms with Gasteiger partial charge in [-0.3, -0.25) is 4.79 Å². The first-order valence-electron chi connectivity index (χ1n) is 6.83. The van der Waals surface area contributed by atoms with Gasteiger partial charge in [0.25, 0.3) is 0 Å². The molecule has 4 nitrogen and oxygen atoms in total. The van der Waals surface area contributed by atoms with Crippen molar-refractivity contribution in [2.45, 2.75) is 20.1 Å². The predicted octanol–water partition coefficient (Wildman–Crippen LogP) is 2.75. The number of nitrogens with one attached hydrogen (secondary N) is 1. The van der Waals surface area contributed by atoms with Crippen LogP contribution in [0.4, 0.5) is 0 Å². The first-order valence-corrected chi connectivity index (χ1v) is 6.83. The van der Waals surface area contributed by atoms with Crippen LogP contribution in [0.25, 0.3) is 0 Å². The molecule has 4 heteroatoms. The van der Waals surface area contributed by atoms with E-state index >= 15 is 0 Å². The van der Waals surface area contributed by atoms with E-state index < -0.39 is 5.97 Å². The molecule has 0 aromatic heterocycles.